The molecule has 33 heavy (non-hydrogen) atoms. The molecule has 0 N–H and O–H groups in total. The highest BCUT2D eigenvalue weighted by molar-refractivity contribution is 7.18. The summed E-state index contributed by atoms with van der Waals surface area (Å²) in [5.74, 6) is 0. The lowest BCUT2D eigenvalue weighted by atomic mass is 9.97. The minimum atomic E-state index is 1.25. The van der Waals surface area contributed by atoms with Crippen LogP contribution >= 0.6 is 11.3 Å². The molecule has 0 saturated heterocycles. The molecule has 0 bridgehead atoms. The Morgan fingerprint density at radius 2 is 0.970 bits per heavy atom. The van der Waals surface area contributed by atoms with E-state index in [-0.39, 0.29) is 0 Å². The Bertz CT molecular complexity index is 1530. The van der Waals surface area contributed by atoms with E-state index in [1.807, 2.05) is 11.3 Å². The van der Waals surface area contributed by atoms with E-state index in [1.165, 1.54) is 53.9 Å². The summed E-state index contributed by atoms with van der Waals surface area (Å²) in [5, 5.41) is 2.57. The molecule has 6 aromatic rings. The van der Waals surface area contributed by atoms with Gasteiger partial charge in [-0.05, 0) is 62.4 Å². The van der Waals surface area contributed by atoms with E-state index >= 15 is 0 Å². The van der Waals surface area contributed by atoms with E-state index in [0.29, 0.717) is 0 Å². The van der Waals surface area contributed by atoms with Gasteiger partial charge in [0, 0.05) is 9.75 Å². The molecule has 0 aliphatic heterocycles. The molecule has 0 fully saturated rings. The smallest absolute Gasteiger partial charge is 0.0349 e. The van der Waals surface area contributed by atoms with Gasteiger partial charge in [-0.1, -0.05) is 115 Å². The van der Waals surface area contributed by atoms with Crippen LogP contribution in [-0.2, 0) is 0 Å². The van der Waals surface area contributed by atoms with Crippen LogP contribution in [0.3, 0.4) is 0 Å². The molecule has 0 saturated carbocycles. The Labute approximate surface area is 198 Å². The van der Waals surface area contributed by atoms with Gasteiger partial charge in [-0.15, -0.1) is 11.3 Å². The Balaban J connectivity index is 1.30. The molecule has 0 unspecified atom stereocenters. The Kier molecular flexibility index (Phi) is 5.10. The van der Waals surface area contributed by atoms with E-state index in [9.17, 15) is 0 Å². The zero-order valence-corrected chi connectivity index (χ0v) is 18.9. The lowest BCUT2D eigenvalue weighted by Gasteiger charge is -2.08. The second-order valence-corrected chi connectivity index (χ2v) is 9.30. The van der Waals surface area contributed by atoms with E-state index in [0.717, 1.165) is 0 Å². The minimum Gasteiger partial charge on any atom is -0.135 e. The van der Waals surface area contributed by atoms with Gasteiger partial charge in [-0.3, -0.25) is 0 Å². The van der Waals surface area contributed by atoms with Crippen LogP contribution in [0.25, 0.3) is 53.9 Å². The lowest BCUT2D eigenvalue weighted by molar-refractivity contribution is 1.62. The van der Waals surface area contributed by atoms with Crippen LogP contribution in [0.1, 0.15) is 0 Å². The summed E-state index contributed by atoms with van der Waals surface area (Å²) in [6.07, 6.45) is 0. The van der Waals surface area contributed by atoms with Crippen LogP contribution in [0.4, 0.5) is 0 Å². The fourth-order valence-corrected chi connectivity index (χ4v) is 5.43. The van der Waals surface area contributed by atoms with Crippen LogP contribution in [0.2, 0.25) is 0 Å². The van der Waals surface area contributed by atoms with Gasteiger partial charge < -0.3 is 0 Å². The number of rotatable bonds is 4. The van der Waals surface area contributed by atoms with E-state index in [2.05, 4.69) is 133 Å². The zero-order valence-electron chi connectivity index (χ0n) is 18.1. The number of thiophene rings is 1. The molecule has 6 rings (SSSR count). The summed E-state index contributed by atoms with van der Waals surface area (Å²) < 4.78 is 0. The first-order chi connectivity index (χ1) is 16.3. The topological polar surface area (TPSA) is 0 Å². The predicted octanol–water partition coefficient (Wildman–Crippen LogP) is 9.57. The maximum atomic E-state index is 2.29. The van der Waals surface area contributed by atoms with Crippen molar-refractivity contribution in [3.8, 4) is 43.1 Å². The summed E-state index contributed by atoms with van der Waals surface area (Å²) in [7, 11) is 0. The highest BCUT2D eigenvalue weighted by atomic mass is 32.1. The normalized spacial score (nSPS) is 11.0. The molecule has 1 aromatic heterocycles. The van der Waals surface area contributed by atoms with Crippen molar-refractivity contribution >= 4 is 22.1 Å². The minimum absolute atomic E-state index is 1.25. The van der Waals surface area contributed by atoms with Crippen molar-refractivity contribution in [1.29, 1.82) is 0 Å². The molecule has 0 aliphatic rings. The van der Waals surface area contributed by atoms with Gasteiger partial charge in [-0.25, -0.2) is 0 Å². The second kappa shape index (κ2) is 8.54. The maximum absolute atomic E-state index is 2.29. The van der Waals surface area contributed by atoms with Crippen LogP contribution in [0, 0.1) is 0 Å². The van der Waals surface area contributed by atoms with Crippen molar-refractivity contribution < 1.29 is 0 Å². The van der Waals surface area contributed by atoms with E-state index in [1.54, 1.807) is 0 Å². The van der Waals surface area contributed by atoms with Crippen LogP contribution in [0.5, 0.6) is 0 Å². The zero-order chi connectivity index (χ0) is 22.0. The van der Waals surface area contributed by atoms with Crippen molar-refractivity contribution in [3.05, 3.63) is 133 Å². The van der Waals surface area contributed by atoms with Gasteiger partial charge in [0.1, 0.15) is 0 Å². The van der Waals surface area contributed by atoms with E-state index in [4.69, 9.17) is 0 Å². The van der Waals surface area contributed by atoms with Crippen molar-refractivity contribution in [2.24, 2.45) is 0 Å². The highest BCUT2D eigenvalue weighted by Gasteiger charge is 2.08. The molecule has 0 radical (unpaired) electrons. The standard InChI is InChI=1S/C32H22S/c1-2-8-23(9-3-1)27-12-6-13-28(22-27)32-21-20-31(33-32)26-18-16-25(17-19-26)30-15-7-11-24-10-4-5-14-29(24)30/h1-22H. The molecule has 156 valence electrons. The van der Waals surface area contributed by atoms with E-state index < -0.39 is 0 Å². The Hall–Kier alpha value is -3.94. The third kappa shape index (κ3) is 3.88. The first kappa shape index (κ1) is 19.7. The number of benzene rings is 5. The average Bonchev–Trinajstić information content (AvgIpc) is 3.40. The second-order valence-electron chi connectivity index (χ2n) is 8.21. The van der Waals surface area contributed by atoms with Crippen molar-refractivity contribution in [1.82, 2.24) is 0 Å². The van der Waals surface area contributed by atoms with Gasteiger partial charge in [0.2, 0.25) is 0 Å². The highest BCUT2D eigenvalue weighted by Crippen LogP contribution is 2.37. The molecule has 1 heterocycles. The number of hydrogen-bond donors (Lipinski definition) is 0. The van der Waals surface area contributed by atoms with Crippen molar-refractivity contribution in [2.45, 2.75) is 0 Å². The molecule has 1 heteroatoms. The van der Waals surface area contributed by atoms with Crippen molar-refractivity contribution in [2.75, 3.05) is 0 Å². The SMILES string of the molecule is c1ccc(-c2cccc(-c3ccc(-c4ccc(-c5cccc6ccccc56)cc4)s3)c2)cc1. The van der Waals surface area contributed by atoms with Crippen LogP contribution < -0.4 is 0 Å². The monoisotopic (exact) mass is 438 g/mol. The first-order valence-corrected chi connectivity index (χ1v) is 12.0. The molecule has 0 atom stereocenters. The fourth-order valence-electron chi connectivity index (χ4n) is 4.42. The van der Waals surface area contributed by atoms with Gasteiger partial charge in [-0.2, -0.15) is 0 Å². The summed E-state index contributed by atoms with van der Waals surface area (Å²) in [6, 6.07) is 47.9. The van der Waals surface area contributed by atoms with Gasteiger partial charge in [0.25, 0.3) is 0 Å². The first-order valence-electron chi connectivity index (χ1n) is 11.2. The maximum Gasteiger partial charge on any atom is 0.0349 e. The van der Waals surface area contributed by atoms with Crippen molar-refractivity contribution in [3.63, 3.8) is 0 Å². The molecular formula is C32H22S. The Morgan fingerprint density at radius 3 is 1.82 bits per heavy atom. The molecular weight excluding hydrogens is 416 g/mol. The molecule has 0 aliphatic carbocycles. The molecule has 0 spiro atoms. The largest absolute Gasteiger partial charge is 0.135 e. The van der Waals surface area contributed by atoms with Crippen LogP contribution in [-0.4, -0.2) is 0 Å². The van der Waals surface area contributed by atoms with Gasteiger partial charge in [0.15, 0.2) is 0 Å². The van der Waals surface area contributed by atoms with Gasteiger partial charge >= 0.3 is 0 Å². The third-order valence-corrected chi connectivity index (χ3v) is 7.31. The molecule has 5 aromatic carbocycles. The predicted molar refractivity (Wildman–Crippen MR) is 144 cm³/mol. The molecule has 0 amide bonds. The summed E-state index contributed by atoms with van der Waals surface area (Å²) in [5.41, 5.74) is 7.56. The summed E-state index contributed by atoms with van der Waals surface area (Å²) >= 11 is 1.85. The summed E-state index contributed by atoms with van der Waals surface area (Å²) in [6.45, 7) is 0. The fraction of sp³-hybridized carbons (Fsp3) is 0. The molecule has 0 nitrogen and oxygen atoms in total. The lowest BCUT2D eigenvalue weighted by Crippen LogP contribution is -1.81. The van der Waals surface area contributed by atoms with Crippen LogP contribution in [0.15, 0.2) is 133 Å². The number of fused-ring (bicyclic) bond motifs is 1. The third-order valence-electron chi connectivity index (χ3n) is 6.13. The average molecular weight is 439 g/mol. The quantitative estimate of drug-likeness (QED) is 0.257. The number of hydrogen-bond acceptors (Lipinski definition) is 1. The van der Waals surface area contributed by atoms with Gasteiger partial charge in [0.05, 0.1) is 0 Å². The summed E-state index contributed by atoms with van der Waals surface area (Å²) in [4.78, 5) is 2.58. The Morgan fingerprint density at radius 1 is 0.364 bits per heavy atom.